The summed E-state index contributed by atoms with van der Waals surface area (Å²) in [5, 5.41) is 3.15. The first-order valence-electron chi connectivity index (χ1n) is 8.02. The van der Waals surface area contributed by atoms with Crippen molar-refractivity contribution in [2.45, 2.75) is 58.2 Å². The van der Waals surface area contributed by atoms with E-state index >= 15 is 0 Å². The Morgan fingerprint density at radius 3 is 2.86 bits per heavy atom. The molecule has 0 aliphatic carbocycles. The van der Waals surface area contributed by atoms with E-state index in [0.717, 1.165) is 25.1 Å². The van der Waals surface area contributed by atoms with Crippen molar-refractivity contribution in [2.24, 2.45) is 0 Å². The molecule has 1 unspecified atom stereocenters. The maximum atomic E-state index is 11.8. The number of rotatable bonds is 5. The van der Waals surface area contributed by atoms with E-state index in [1.165, 1.54) is 11.1 Å². The molecule has 122 valence electrons. The first kappa shape index (κ1) is 16.8. The van der Waals surface area contributed by atoms with Gasteiger partial charge in [-0.2, -0.15) is 0 Å². The Morgan fingerprint density at radius 1 is 1.41 bits per heavy atom. The van der Waals surface area contributed by atoms with Crippen molar-refractivity contribution in [3.63, 3.8) is 0 Å². The van der Waals surface area contributed by atoms with Crippen LogP contribution in [0.25, 0.3) is 0 Å². The standard InChI is InChI=1S/C18H27NO3/c1-18(2,3)22-17(20)10-6-13-5-9-16-14(11-13)7-8-15(21-16)12-19-4/h5,9,11,15,19H,6-8,10,12H2,1-4H3. The molecule has 1 aliphatic heterocycles. The summed E-state index contributed by atoms with van der Waals surface area (Å²) in [6.07, 6.45) is 3.44. The third-order valence-electron chi connectivity index (χ3n) is 3.62. The van der Waals surface area contributed by atoms with Crippen LogP contribution in [-0.2, 0) is 22.4 Å². The van der Waals surface area contributed by atoms with Crippen molar-refractivity contribution in [2.75, 3.05) is 13.6 Å². The number of nitrogens with one attached hydrogen (secondary N) is 1. The summed E-state index contributed by atoms with van der Waals surface area (Å²) in [6, 6.07) is 6.24. The first-order chi connectivity index (χ1) is 10.4. The number of fused-ring (bicyclic) bond motifs is 1. The number of hydrogen-bond donors (Lipinski definition) is 1. The zero-order valence-electron chi connectivity index (χ0n) is 14.1. The fourth-order valence-electron chi connectivity index (χ4n) is 2.66. The molecule has 0 saturated carbocycles. The number of hydrogen-bond acceptors (Lipinski definition) is 4. The predicted molar refractivity (Wildman–Crippen MR) is 87.3 cm³/mol. The van der Waals surface area contributed by atoms with Crippen LogP contribution in [0.2, 0.25) is 0 Å². The summed E-state index contributed by atoms with van der Waals surface area (Å²) >= 11 is 0. The summed E-state index contributed by atoms with van der Waals surface area (Å²) in [6.45, 7) is 6.55. The second-order valence-electron chi connectivity index (χ2n) is 6.86. The van der Waals surface area contributed by atoms with Crippen molar-refractivity contribution in [3.05, 3.63) is 29.3 Å². The Kier molecular flexibility index (Phi) is 5.46. The van der Waals surface area contributed by atoms with E-state index in [1.54, 1.807) is 0 Å². The smallest absolute Gasteiger partial charge is 0.306 e. The van der Waals surface area contributed by atoms with Crippen molar-refractivity contribution < 1.29 is 14.3 Å². The van der Waals surface area contributed by atoms with Crippen LogP contribution in [0.15, 0.2) is 18.2 Å². The highest BCUT2D eigenvalue weighted by molar-refractivity contribution is 5.70. The number of aryl methyl sites for hydroxylation is 2. The normalized spacial score (nSPS) is 17.5. The van der Waals surface area contributed by atoms with Gasteiger partial charge in [0.2, 0.25) is 0 Å². The summed E-state index contributed by atoms with van der Waals surface area (Å²) < 4.78 is 11.3. The minimum absolute atomic E-state index is 0.143. The highest BCUT2D eigenvalue weighted by atomic mass is 16.6. The van der Waals surface area contributed by atoms with Crippen molar-refractivity contribution in [1.29, 1.82) is 0 Å². The van der Waals surface area contributed by atoms with Gasteiger partial charge >= 0.3 is 5.97 Å². The molecule has 2 rings (SSSR count). The number of carbonyl (C=O) groups excluding carboxylic acids is 1. The van der Waals surface area contributed by atoms with E-state index in [0.29, 0.717) is 12.8 Å². The lowest BCUT2D eigenvalue weighted by atomic mass is 9.98. The quantitative estimate of drug-likeness (QED) is 0.850. The molecule has 4 heteroatoms. The van der Waals surface area contributed by atoms with E-state index in [4.69, 9.17) is 9.47 Å². The molecule has 1 aromatic carbocycles. The highest BCUT2D eigenvalue weighted by Crippen LogP contribution is 2.28. The monoisotopic (exact) mass is 305 g/mol. The third-order valence-corrected chi connectivity index (χ3v) is 3.62. The predicted octanol–water partition coefficient (Wildman–Crippen LogP) is 2.87. The maximum absolute atomic E-state index is 11.8. The second-order valence-corrected chi connectivity index (χ2v) is 6.86. The SMILES string of the molecule is CNCC1CCc2cc(CCC(=O)OC(C)(C)C)ccc2O1. The van der Waals surface area contributed by atoms with Gasteiger partial charge in [-0.15, -0.1) is 0 Å². The summed E-state index contributed by atoms with van der Waals surface area (Å²) in [5.41, 5.74) is 2.00. The Morgan fingerprint density at radius 2 is 2.18 bits per heavy atom. The zero-order chi connectivity index (χ0) is 16.2. The van der Waals surface area contributed by atoms with Crippen LogP contribution in [0, 0.1) is 0 Å². The van der Waals surface area contributed by atoms with Crippen LogP contribution < -0.4 is 10.1 Å². The van der Waals surface area contributed by atoms with Crippen molar-refractivity contribution in [1.82, 2.24) is 5.32 Å². The summed E-state index contributed by atoms with van der Waals surface area (Å²) in [5.74, 6) is 0.836. The Balaban J connectivity index is 1.91. The van der Waals surface area contributed by atoms with Crippen LogP contribution in [0.1, 0.15) is 44.7 Å². The minimum atomic E-state index is -0.414. The van der Waals surface area contributed by atoms with Gasteiger partial charge < -0.3 is 14.8 Å². The zero-order valence-corrected chi connectivity index (χ0v) is 14.1. The van der Waals surface area contributed by atoms with Gasteiger partial charge in [0.1, 0.15) is 17.5 Å². The maximum Gasteiger partial charge on any atom is 0.306 e. The van der Waals surface area contributed by atoms with Gasteiger partial charge in [0, 0.05) is 13.0 Å². The largest absolute Gasteiger partial charge is 0.489 e. The number of likely N-dealkylation sites (N-methyl/N-ethyl adjacent to an activating group) is 1. The Labute approximate surface area is 133 Å². The molecule has 1 aliphatic rings. The van der Waals surface area contributed by atoms with Gasteiger partial charge in [-0.05, 0) is 64.3 Å². The lowest BCUT2D eigenvalue weighted by Crippen LogP contribution is -2.32. The molecular formula is C18H27NO3. The van der Waals surface area contributed by atoms with E-state index in [-0.39, 0.29) is 12.1 Å². The topological polar surface area (TPSA) is 47.6 Å². The van der Waals surface area contributed by atoms with Crippen LogP contribution in [0.5, 0.6) is 5.75 Å². The lowest BCUT2D eigenvalue weighted by molar-refractivity contribution is -0.154. The number of ether oxygens (including phenoxy) is 2. The number of esters is 1. The second kappa shape index (κ2) is 7.14. The molecule has 0 saturated heterocycles. The molecule has 4 nitrogen and oxygen atoms in total. The molecule has 0 fully saturated rings. The van der Waals surface area contributed by atoms with E-state index in [2.05, 4.69) is 11.4 Å². The molecule has 0 aromatic heterocycles. The average molecular weight is 305 g/mol. The number of carbonyl (C=O) groups is 1. The van der Waals surface area contributed by atoms with Gasteiger partial charge in [-0.25, -0.2) is 0 Å². The van der Waals surface area contributed by atoms with E-state index in [1.807, 2.05) is 40.0 Å². The molecule has 0 radical (unpaired) electrons. The molecule has 1 atom stereocenters. The molecule has 1 aromatic rings. The molecule has 1 heterocycles. The van der Waals surface area contributed by atoms with Gasteiger partial charge in [-0.1, -0.05) is 12.1 Å². The summed E-state index contributed by atoms with van der Waals surface area (Å²) in [7, 11) is 1.94. The molecular weight excluding hydrogens is 278 g/mol. The molecule has 0 spiro atoms. The summed E-state index contributed by atoms with van der Waals surface area (Å²) in [4.78, 5) is 11.8. The van der Waals surface area contributed by atoms with Crippen LogP contribution >= 0.6 is 0 Å². The fourth-order valence-corrected chi connectivity index (χ4v) is 2.66. The van der Waals surface area contributed by atoms with E-state index in [9.17, 15) is 4.79 Å². The van der Waals surface area contributed by atoms with Gasteiger partial charge in [0.15, 0.2) is 0 Å². The first-order valence-corrected chi connectivity index (χ1v) is 8.02. The average Bonchev–Trinajstić information content (AvgIpc) is 2.43. The minimum Gasteiger partial charge on any atom is -0.489 e. The van der Waals surface area contributed by atoms with Gasteiger partial charge in [-0.3, -0.25) is 4.79 Å². The van der Waals surface area contributed by atoms with Crippen molar-refractivity contribution >= 4 is 5.97 Å². The Bertz CT molecular complexity index is 520. The third kappa shape index (κ3) is 5.02. The van der Waals surface area contributed by atoms with Crippen molar-refractivity contribution in [3.8, 4) is 5.75 Å². The highest BCUT2D eigenvalue weighted by Gasteiger charge is 2.20. The van der Waals surface area contributed by atoms with E-state index < -0.39 is 5.60 Å². The van der Waals surface area contributed by atoms with Crippen LogP contribution in [0.3, 0.4) is 0 Å². The molecule has 1 N–H and O–H groups in total. The van der Waals surface area contributed by atoms with Crippen LogP contribution in [-0.4, -0.2) is 31.3 Å². The van der Waals surface area contributed by atoms with Gasteiger partial charge in [0.05, 0.1) is 0 Å². The van der Waals surface area contributed by atoms with Gasteiger partial charge in [0.25, 0.3) is 0 Å². The Hall–Kier alpha value is -1.55. The molecule has 0 bridgehead atoms. The number of benzene rings is 1. The molecule has 0 amide bonds. The van der Waals surface area contributed by atoms with Crippen LogP contribution in [0.4, 0.5) is 0 Å². The lowest BCUT2D eigenvalue weighted by Gasteiger charge is -2.26. The fraction of sp³-hybridized carbons (Fsp3) is 0.611. The molecule has 22 heavy (non-hydrogen) atoms.